The Morgan fingerprint density at radius 2 is 1.78 bits per heavy atom. The van der Waals surface area contributed by atoms with E-state index < -0.39 is 0 Å². The quantitative estimate of drug-likeness (QED) is 0.471. The topological polar surface area (TPSA) is 186 Å². The van der Waals surface area contributed by atoms with Crippen LogP contribution >= 0.6 is 11.6 Å². The van der Waals surface area contributed by atoms with Gasteiger partial charge < -0.3 is 17.2 Å². The van der Waals surface area contributed by atoms with Gasteiger partial charge in [-0.1, -0.05) is 24.6 Å². The van der Waals surface area contributed by atoms with E-state index in [1.807, 2.05) is 12.1 Å². The van der Waals surface area contributed by atoms with E-state index in [9.17, 15) is 4.79 Å². The van der Waals surface area contributed by atoms with Crippen molar-refractivity contribution in [3.63, 3.8) is 0 Å². The van der Waals surface area contributed by atoms with E-state index in [0.717, 1.165) is 31.5 Å². The summed E-state index contributed by atoms with van der Waals surface area (Å²) in [6, 6.07) is 9.23. The van der Waals surface area contributed by atoms with Crippen molar-refractivity contribution in [2.24, 2.45) is 0 Å². The number of anilines is 3. The molecule has 0 aliphatic heterocycles. The minimum Gasteiger partial charge on any atom is -0.382 e. The van der Waals surface area contributed by atoms with Crippen LogP contribution in [0.3, 0.4) is 0 Å². The van der Waals surface area contributed by atoms with Crippen LogP contribution in [0.25, 0.3) is 10.9 Å². The first-order valence-electron chi connectivity index (χ1n) is 9.97. The van der Waals surface area contributed by atoms with Crippen molar-refractivity contribution in [2.75, 3.05) is 17.2 Å². The summed E-state index contributed by atoms with van der Waals surface area (Å²) in [5, 5.41) is 18.0. The Morgan fingerprint density at radius 3 is 2.38 bits per heavy atom. The third kappa shape index (κ3) is 5.84. The lowest BCUT2D eigenvalue weighted by molar-refractivity contribution is 0.563. The Labute approximate surface area is 190 Å². The van der Waals surface area contributed by atoms with E-state index in [2.05, 4.69) is 27.9 Å². The van der Waals surface area contributed by atoms with Crippen LogP contribution in [0.5, 0.6) is 0 Å². The lowest BCUT2D eigenvalue weighted by atomic mass is 10.2. The van der Waals surface area contributed by atoms with E-state index in [1.54, 1.807) is 16.7 Å². The Balaban J connectivity index is 0.000000278. The molecule has 2 aromatic heterocycles. The van der Waals surface area contributed by atoms with Gasteiger partial charge in [0.2, 0.25) is 5.95 Å². The number of nitrogen functional groups attached to an aromatic ring is 3. The molecular formula is C21H24ClN9O. The molecule has 0 saturated carbocycles. The Morgan fingerprint density at radius 1 is 1.09 bits per heavy atom. The van der Waals surface area contributed by atoms with Gasteiger partial charge in [-0.15, -0.1) is 0 Å². The standard InChI is InChI=1S/C16H18ClN3O.C5H6N6/c1-2-7-14-19-13-9-6-8-12(17)15(13)16(21)20(14)11-5-3-4-10-18;6-1-2-3(7)10-5(9)11-4(2)8/h6,8-9H,2-5,7,11H2,1H3;(H6,7,8,9,10,11). The molecule has 0 aliphatic carbocycles. The van der Waals surface area contributed by atoms with Gasteiger partial charge in [0, 0.05) is 19.4 Å². The molecule has 0 fully saturated rings. The molecule has 1 aromatic carbocycles. The van der Waals surface area contributed by atoms with Gasteiger partial charge in [0.1, 0.15) is 29.1 Å². The summed E-state index contributed by atoms with van der Waals surface area (Å²) in [5.74, 6) is 0.795. The molecule has 6 N–H and O–H groups in total. The Kier molecular flexibility index (Phi) is 8.75. The van der Waals surface area contributed by atoms with E-state index in [1.165, 1.54) is 0 Å². The number of nitrogens with zero attached hydrogens (tertiary/aromatic N) is 6. The molecule has 0 spiro atoms. The van der Waals surface area contributed by atoms with Crippen molar-refractivity contribution < 1.29 is 0 Å². The Hall–Kier alpha value is -3.89. The van der Waals surface area contributed by atoms with Crippen LogP contribution in [-0.4, -0.2) is 19.5 Å². The number of nitriles is 2. The highest BCUT2D eigenvalue weighted by atomic mass is 35.5. The predicted molar refractivity (Wildman–Crippen MR) is 124 cm³/mol. The fraction of sp³-hybridized carbons (Fsp3) is 0.333. The second kappa shape index (κ2) is 11.5. The van der Waals surface area contributed by atoms with Gasteiger partial charge in [0.25, 0.3) is 5.56 Å². The number of fused-ring (bicyclic) bond motifs is 1. The first kappa shape index (κ1) is 24.4. The van der Waals surface area contributed by atoms with Crippen molar-refractivity contribution in [3.05, 3.63) is 45.0 Å². The highest BCUT2D eigenvalue weighted by molar-refractivity contribution is 6.35. The second-order valence-electron chi connectivity index (χ2n) is 6.82. The molecule has 166 valence electrons. The zero-order valence-corrected chi connectivity index (χ0v) is 18.4. The van der Waals surface area contributed by atoms with Crippen molar-refractivity contribution in [1.29, 1.82) is 10.5 Å². The molecule has 2 heterocycles. The van der Waals surface area contributed by atoms with Gasteiger partial charge in [-0.2, -0.15) is 20.5 Å². The number of unbranched alkanes of at least 4 members (excludes halogenated alkanes) is 2. The van der Waals surface area contributed by atoms with Gasteiger partial charge >= 0.3 is 0 Å². The van der Waals surface area contributed by atoms with Gasteiger partial charge in [-0.05, 0) is 31.4 Å². The molecule has 0 bridgehead atoms. The fourth-order valence-electron chi connectivity index (χ4n) is 3.02. The smallest absolute Gasteiger partial charge is 0.262 e. The SMILES string of the molecule is CCCc1nc2cccc(Cl)c2c(=O)n1CCCCC#N.N#Cc1c(N)nc(N)nc1N. The largest absolute Gasteiger partial charge is 0.382 e. The zero-order chi connectivity index (χ0) is 23.7. The number of aromatic nitrogens is 4. The van der Waals surface area contributed by atoms with Gasteiger partial charge in [0.05, 0.1) is 22.0 Å². The molecule has 32 heavy (non-hydrogen) atoms. The fourth-order valence-corrected chi connectivity index (χ4v) is 3.27. The number of hydrogen-bond donors (Lipinski definition) is 3. The van der Waals surface area contributed by atoms with Crippen molar-refractivity contribution in [1.82, 2.24) is 19.5 Å². The summed E-state index contributed by atoms with van der Waals surface area (Å²) >= 11 is 6.15. The van der Waals surface area contributed by atoms with Gasteiger partial charge in [-0.3, -0.25) is 9.36 Å². The van der Waals surface area contributed by atoms with E-state index >= 15 is 0 Å². The van der Waals surface area contributed by atoms with Crippen molar-refractivity contribution in [3.8, 4) is 12.1 Å². The molecule has 0 amide bonds. The summed E-state index contributed by atoms with van der Waals surface area (Å²) < 4.78 is 1.72. The molecule has 3 rings (SSSR count). The first-order valence-corrected chi connectivity index (χ1v) is 10.3. The maximum atomic E-state index is 12.7. The van der Waals surface area contributed by atoms with Crippen LogP contribution in [-0.2, 0) is 13.0 Å². The van der Waals surface area contributed by atoms with Crippen LogP contribution in [0.15, 0.2) is 23.0 Å². The summed E-state index contributed by atoms with van der Waals surface area (Å²) in [7, 11) is 0. The normalized spacial score (nSPS) is 10.1. The summed E-state index contributed by atoms with van der Waals surface area (Å²) in [6.45, 7) is 2.65. The van der Waals surface area contributed by atoms with Gasteiger partial charge in [-0.25, -0.2) is 4.98 Å². The predicted octanol–water partition coefficient (Wildman–Crippen LogP) is 2.79. The third-order valence-corrected chi connectivity index (χ3v) is 4.81. The monoisotopic (exact) mass is 453 g/mol. The van der Waals surface area contributed by atoms with Crippen molar-refractivity contribution in [2.45, 2.75) is 45.6 Å². The van der Waals surface area contributed by atoms with Crippen LogP contribution in [0.1, 0.15) is 44.0 Å². The molecule has 0 radical (unpaired) electrons. The number of halogens is 1. The Bertz CT molecular complexity index is 1220. The van der Waals surface area contributed by atoms with E-state index in [4.69, 9.17) is 39.3 Å². The lowest BCUT2D eigenvalue weighted by Gasteiger charge is -2.13. The van der Waals surface area contributed by atoms with Crippen LogP contribution in [0, 0.1) is 22.7 Å². The molecule has 0 saturated heterocycles. The minimum atomic E-state index is -0.0778. The second-order valence-corrected chi connectivity index (χ2v) is 7.23. The van der Waals surface area contributed by atoms with Crippen molar-refractivity contribution >= 4 is 40.1 Å². The number of rotatable bonds is 6. The summed E-state index contributed by atoms with van der Waals surface area (Å²) in [6.07, 6.45) is 3.78. The number of hydrogen-bond acceptors (Lipinski definition) is 9. The summed E-state index contributed by atoms with van der Waals surface area (Å²) in [5.41, 5.74) is 16.4. The lowest BCUT2D eigenvalue weighted by Crippen LogP contribution is -2.25. The molecule has 11 heteroatoms. The third-order valence-electron chi connectivity index (χ3n) is 4.50. The summed E-state index contributed by atoms with van der Waals surface area (Å²) in [4.78, 5) is 24.4. The zero-order valence-electron chi connectivity index (χ0n) is 17.7. The minimum absolute atomic E-state index is 0.0116. The molecular weight excluding hydrogens is 430 g/mol. The maximum Gasteiger partial charge on any atom is 0.262 e. The number of benzene rings is 1. The van der Waals surface area contributed by atoms with E-state index in [0.29, 0.717) is 28.9 Å². The van der Waals surface area contributed by atoms with Crippen LogP contribution < -0.4 is 22.8 Å². The number of nitrogens with two attached hydrogens (primary N) is 3. The highest BCUT2D eigenvalue weighted by Gasteiger charge is 2.12. The molecule has 10 nitrogen and oxygen atoms in total. The molecule has 0 aliphatic rings. The first-order chi connectivity index (χ1) is 15.3. The molecule has 0 atom stereocenters. The van der Waals surface area contributed by atoms with Crippen LogP contribution in [0.4, 0.5) is 17.6 Å². The van der Waals surface area contributed by atoms with E-state index in [-0.39, 0.29) is 28.7 Å². The molecule has 0 unspecified atom stereocenters. The average molecular weight is 454 g/mol. The molecule has 3 aromatic rings. The average Bonchev–Trinajstić information content (AvgIpc) is 2.73. The van der Waals surface area contributed by atoms with Gasteiger partial charge in [0.15, 0.2) is 0 Å². The maximum absolute atomic E-state index is 12.7. The van der Waals surface area contributed by atoms with Crippen LogP contribution in [0.2, 0.25) is 5.02 Å². The highest BCUT2D eigenvalue weighted by Crippen LogP contribution is 2.19. The number of aryl methyl sites for hydroxylation is 1.